The summed E-state index contributed by atoms with van der Waals surface area (Å²) in [6, 6.07) is 13.5. The van der Waals surface area contributed by atoms with Crippen molar-refractivity contribution in [2.75, 3.05) is 18.5 Å². The maximum absolute atomic E-state index is 12.1. The fraction of sp³-hybridized carbons (Fsp3) is 0.300. The second-order valence-corrected chi connectivity index (χ2v) is 6.87. The SMILES string of the molecule is CCCOc1ccc2nc(NC(=O)COc3cccc(CC)c3)sc2c1. The molecule has 2 aromatic carbocycles. The summed E-state index contributed by atoms with van der Waals surface area (Å²) in [5, 5.41) is 3.35. The highest BCUT2D eigenvalue weighted by molar-refractivity contribution is 7.22. The van der Waals surface area contributed by atoms with Crippen molar-refractivity contribution in [2.24, 2.45) is 0 Å². The van der Waals surface area contributed by atoms with Crippen LogP contribution in [0.1, 0.15) is 25.8 Å². The number of hydrogen-bond donors (Lipinski definition) is 1. The first-order valence-corrected chi connectivity index (χ1v) is 9.54. The Balaban J connectivity index is 1.59. The van der Waals surface area contributed by atoms with Crippen LogP contribution >= 0.6 is 11.3 Å². The number of anilines is 1. The smallest absolute Gasteiger partial charge is 0.264 e. The lowest BCUT2D eigenvalue weighted by Crippen LogP contribution is -2.20. The fourth-order valence-corrected chi connectivity index (χ4v) is 3.34. The van der Waals surface area contributed by atoms with Crippen LogP contribution in [0.3, 0.4) is 0 Å². The molecule has 5 nitrogen and oxygen atoms in total. The summed E-state index contributed by atoms with van der Waals surface area (Å²) < 4.78 is 12.2. The Labute approximate surface area is 157 Å². The number of benzene rings is 2. The van der Waals surface area contributed by atoms with Gasteiger partial charge in [-0.15, -0.1) is 0 Å². The van der Waals surface area contributed by atoms with Gasteiger partial charge in [0.05, 0.1) is 16.8 Å². The van der Waals surface area contributed by atoms with Gasteiger partial charge in [0, 0.05) is 0 Å². The zero-order chi connectivity index (χ0) is 18.4. The minimum Gasteiger partial charge on any atom is -0.494 e. The molecule has 3 rings (SSSR count). The Morgan fingerprint density at radius 3 is 2.77 bits per heavy atom. The maximum Gasteiger partial charge on any atom is 0.264 e. The molecule has 0 aliphatic rings. The summed E-state index contributed by atoms with van der Waals surface area (Å²) in [5.41, 5.74) is 2.01. The monoisotopic (exact) mass is 370 g/mol. The van der Waals surface area contributed by atoms with Gasteiger partial charge in [0.1, 0.15) is 11.5 Å². The molecule has 1 heterocycles. The number of aryl methyl sites for hydroxylation is 1. The van der Waals surface area contributed by atoms with Crippen LogP contribution in [0, 0.1) is 0 Å². The van der Waals surface area contributed by atoms with E-state index in [0.29, 0.717) is 17.5 Å². The molecule has 0 unspecified atom stereocenters. The summed E-state index contributed by atoms with van der Waals surface area (Å²) in [7, 11) is 0. The molecular weight excluding hydrogens is 348 g/mol. The third-order valence-electron chi connectivity index (χ3n) is 3.76. The minimum absolute atomic E-state index is 0.0477. The van der Waals surface area contributed by atoms with Gasteiger partial charge in [0.25, 0.3) is 5.91 Å². The molecule has 0 aliphatic carbocycles. The number of nitrogens with one attached hydrogen (secondary N) is 1. The van der Waals surface area contributed by atoms with Crippen LogP contribution in [-0.2, 0) is 11.2 Å². The molecule has 0 saturated heterocycles. The molecule has 3 aromatic rings. The van der Waals surface area contributed by atoms with Gasteiger partial charge in [-0.3, -0.25) is 10.1 Å². The van der Waals surface area contributed by atoms with Crippen molar-refractivity contribution >= 4 is 32.6 Å². The van der Waals surface area contributed by atoms with E-state index in [-0.39, 0.29) is 12.5 Å². The van der Waals surface area contributed by atoms with E-state index >= 15 is 0 Å². The molecule has 1 aromatic heterocycles. The van der Waals surface area contributed by atoms with Gasteiger partial charge in [0.2, 0.25) is 0 Å². The first-order valence-electron chi connectivity index (χ1n) is 8.73. The Morgan fingerprint density at radius 1 is 1.12 bits per heavy atom. The number of hydrogen-bond acceptors (Lipinski definition) is 5. The van der Waals surface area contributed by atoms with Gasteiger partial charge in [-0.25, -0.2) is 4.98 Å². The molecule has 0 fully saturated rings. The summed E-state index contributed by atoms with van der Waals surface area (Å²) in [6.07, 6.45) is 1.89. The van der Waals surface area contributed by atoms with E-state index in [1.807, 2.05) is 42.5 Å². The van der Waals surface area contributed by atoms with Crippen molar-refractivity contribution < 1.29 is 14.3 Å². The molecule has 0 saturated carbocycles. The predicted molar refractivity (Wildman–Crippen MR) is 105 cm³/mol. The fourth-order valence-electron chi connectivity index (χ4n) is 2.43. The number of aromatic nitrogens is 1. The van der Waals surface area contributed by atoms with Gasteiger partial charge in [-0.1, -0.05) is 37.3 Å². The van der Waals surface area contributed by atoms with Gasteiger partial charge in [-0.05, 0) is 48.7 Å². The lowest BCUT2D eigenvalue weighted by atomic mass is 10.2. The summed E-state index contributed by atoms with van der Waals surface area (Å²) >= 11 is 1.42. The number of fused-ring (bicyclic) bond motifs is 1. The van der Waals surface area contributed by atoms with Gasteiger partial charge in [-0.2, -0.15) is 0 Å². The van der Waals surface area contributed by atoms with Crippen molar-refractivity contribution in [1.82, 2.24) is 4.98 Å². The van der Waals surface area contributed by atoms with E-state index in [4.69, 9.17) is 9.47 Å². The number of thiazole rings is 1. The van der Waals surface area contributed by atoms with Crippen LogP contribution < -0.4 is 14.8 Å². The van der Waals surface area contributed by atoms with E-state index in [0.717, 1.165) is 28.8 Å². The van der Waals surface area contributed by atoms with Crippen molar-refractivity contribution in [2.45, 2.75) is 26.7 Å². The normalized spacial score (nSPS) is 10.7. The maximum atomic E-state index is 12.1. The molecule has 1 amide bonds. The van der Waals surface area contributed by atoms with Crippen LogP contribution in [0.4, 0.5) is 5.13 Å². The average molecular weight is 370 g/mol. The van der Waals surface area contributed by atoms with E-state index in [1.54, 1.807) is 0 Å². The van der Waals surface area contributed by atoms with Crippen molar-refractivity contribution in [3.8, 4) is 11.5 Å². The van der Waals surface area contributed by atoms with Crippen LogP contribution in [0.15, 0.2) is 42.5 Å². The predicted octanol–water partition coefficient (Wildman–Crippen LogP) is 4.67. The number of rotatable bonds is 8. The van der Waals surface area contributed by atoms with Crippen molar-refractivity contribution in [3.05, 3.63) is 48.0 Å². The number of amides is 1. The Kier molecular flexibility index (Phi) is 6.07. The quantitative estimate of drug-likeness (QED) is 0.626. The van der Waals surface area contributed by atoms with Crippen LogP contribution in [0.25, 0.3) is 10.2 Å². The summed E-state index contributed by atoms with van der Waals surface area (Å²) in [4.78, 5) is 16.6. The second-order valence-electron chi connectivity index (χ2n) is 5.83. The van der Waals surface area contributed by atoms with E-state index in [2.05, 4.69) is 24.1 Å². The number of ether oxygens (including phenoxy) is 2. The van der Waals surface area contributed by atoms with Crippen LogP contribution in [0.2, 0.25) is 0 Å². The first-order chi connectivity index (χ1) is 12.7. The van der Waals surface area contributed by atoms with Crippen molar-refractivity contribution in [3.63, 3.8) is 0 Å². The molecule has 136 valence electrons. The van der Waals surface area contributed by atoms with E-state index < -0.39 is 0 Å². The van der Waals surface area contributed by atoms with Crippen LogP contribution in [0.5, 0.6) is 11.5 Å². The zero-order valence-electron chi connectivity index (χ0n) is 15.0. The van der Waals surface area contributed by atoms with E-state index in [9.17, 15) is 4.79 Å². The topological polar surface area (TPSA) is 60.5 Å². The molecule has 0 aliphatic heterocycles. The summed E-state index contributed by atoms with van der Waals surface area (Å²) in [6.45, 7) is 4.79. The largest absolute Gasteiger partial charge is 0.494 e. The third-order valence-corrected chi connectivity index (χ3v) is 4.69. The Morgan fingerprint density at radius 2 is 1.96 bits per heavy atom. The average Bonchev–Trinajstić information content (AvgIpc) is 3.06. The van der Waals surface area contributed by atoms with Gasteiger partial charge in [0.15, 0.2) is 11.7 Å². The molecule has 6 heteroatoms. The number of nitrogens with zero attached hydrogens (tertiary/aromatic N) is 1. The second kappa shape index (κ2) is 8.67. The first kappa shape index (κ1) is 18.2. The number of carbonyl (C=O) groups excluding carboxylic acids is 1. The molecular formula is C20H22N2O3S. The molecule has 0 atom stereocenters. The molecule has 26 heavy (non-hydrogen) atoms. The lowest BCUT2D eigenvalue weighted by Gasteiger charge is -2.06. The highest BCUT2D eigenvalue weighted by Crippen LogP contribution is 2.29. The van der Waals surface area contributed by atoms with Gasteiger partial charge < -0.3 is 9.47 Å². The molecule has 0 bridgehead atoms. The van der Waals surface area contributed by atoms with Crippen LogP contribution in [-0.4, -0.2) is 24.1 Å². The Hall–Kier alpha value is -2.60. The van der Waals surface area contributed by atoms with E-state index in [1.165, 1.54) is 16.9 Å². The molecule has 0 spiro atoms. The standard InChI is InChI=1S/C20H22N2O3S/c1-3-10-24-16-8-9-17-18(12-16)26-20(21-17)22-19(23)13-25-15-7-5-6-14(4-2)11-15/h5-9,11-12H,3-4,10,13H2,1-2H3,(H,21,22,23). The van der Waals surface area contributed by atoms with Gasteiger partial charge >= 0.3 is 0 Å². The minimum atomic E-state index is -0.228. The van der Waals surface area contributed by atoms with Crippen molar-refractivity contribution in [1.29, 1.82) is 0 Å². The Bertz CT molecular complexity index is 892. The number of carbonyl (C=O) groups is 1. The highest BCUT2D eigenvalue weighted by atomic mass is 32.1. The summed E-state index contributed by atoms with van der Waals surface area (Å²) in [5.74, 6) is 1.29. The third kappa shape index (κ3) is 4.73. The zero-order valence-corrected chi connectivity index (χ0v) is 15.8. The lowest BCUT2D eigenvalue weighted by molar-refractivity contribution is -0.118. The molecule has 0 radical (unpaired) electrons. The highest BCUT2D eigenvalue weighted by Gasteiger charge is 2.09. The molecule has 1 N–H and O–H groups in total.